The van der Waals surface area contributed by atoms with Crippen molar-refractivity contribution in [1.29, 1.82) is 0 Å². The van der Waals surface area contributed by atoms with Gasteiger partial charge in [-0.2, -0.15) is 0 Å². The van der Waals surface area contributed by atoms with Gasteiger partial charge in [0, 0.05) is 21.3 Å². The molecule has 0 fully saturated rings. The molecule has 1 aromatic carbocycles. The van der Waals surface area contributed by atoms with Gasteiger partial charge in [-0.3, -0.25) is 4.79 Å². The zero-order valence-electron chi connectivity index (χ0n) is 18.1. The molecule has 0 spiro atoms. The molecule has 0 saturated heterocycles. The number of benzene rings is 1. The van der Waals surface area contributed by atoms with Gasteiger partial charge >= 0.3 is 0 Å². The van der Waals surface area contributed by atoms with Gasteiger partial charge in [-0.1, -0.05) is 20.8 Å². The molecule has 0 N–H and O–H groups in total. The van der Waals surface area contributed by atoms with E-state index in [0.717, 1.165) is 14.9 Å². The molecule has 1 aliphatic heterocycles. The molecule has 1 aromatic rings. The largest absolute Gasteiger partial charge is 0.497 e. The maximum absolute atomic E-state index is 12.8. The molecule has 2 rings (SSSR count). The van der Waals surface area contributed by atoms with Crippen molar-refractivity contribution in [2.75, 3.05) is 14.2 Å². The normalized spacial score (nSPS) is 20.8. The molecule has 28 heavy (non-hydrogen) atoms. The molecule has 1 aliphatic rings. The highest BCUT2D eigenvalue weighted by Gasteiger charge is 2.43. The zero-order valence-corrected chi connectivity index (χ0v) is 21.3. The van der Waals surface area contributed by atoms with Gasteiger partial charge in [0.2, 0.25) is 5.91 Å². The van der Waals surface area contributed by atoms with Crippen LogP contribution in [0.15, 0.2) is 27.9 Å². The second-order valence-corrected chi connectivity index (χ2v) is 14.7. The Bertz CT molecular complexity index is 757. The summed E-state index contributed by atoms with van der Waals surface area (Å²) in [7, 11) is 1.28. The van der Waals surface area contributed by atoms with Crippen LogP contribution >= 0.6 is 22.6 Å². The van der Waals surface area contributed by atoms with Crippen LogP contribution in [0.25, 0.3) is 0 Å². The third-order valence-electron chi connectivity index (χ3n) is 5.81. The maximum atomic E-state index is 12.8. The molecule has 0 bridgehead atoms. The van der Waals surface area contributed by atoms with Gasteiger partial charge < -0.3 is 18.8 Å². The number of nitrogens with zero attached hydrogens (tertiary/aromatic N) is 1. The highest BCUT2D eigenvalue weighted by Crippen LogP contribution is 2.40. The number of carbonyl (C=O) groups excluding carboxylic acids is 1. The number of carbonyl (C=O) groups is 1. The first-order valence-electron chi connectivity index (χ1n) is 9.47. The van der Waals surface area contributed by atoms with E-state index in [-0.39, 0.29) is 23.1 Å². The Kier molecular flexibility index (Phi) is 7.25. The molecule has 1 heterocycles. The fourth-order valence-electron chi connectivity index (χ4n) is 2.91. The first-order valence-corrected chi connectivity index (χ1v) is 13.5. The van der Waals surface area contributed by atoms with E-state index in [4.69, 9.17) is 13.9 Å². The summed E-state index contributed by atoms with van der Waals surface area (Å²) in [6.45, 7) is 13.7. The lowest BCUT2D eigenvalue weighted by Gasteiger charge is -2.44. The van der Waals surface area contributed by atoms with Gasteiger partial charge in [-0.15, -0.1) is 0 Å². The molecular formula is C21H32INO4Si. The first kappa shape index (κ1) is 23.2. The summed E-state index contributed by atoms with van der Waals surface area (Å²) in [5.74, 6) is 1.45. The summed E-state index contributed by atoms with van der Waals surface area (Å²) < 4.78 is 18.5. The third kappa shape index (κ3) is 4.91. The van der Waals surface area contributed by atoms with Gasteiger partial charge in [0.1, 0.15) is 11.5 Å². The molecule has 0 radical (unpaired) electrons. The van der Waals surface area contributed by atoms with Crippen LogP contribution in [0.5, 0.6) is 11.5 Å². The minimum Gasteiger partial charge on any atom is -0.497 e. The molecule has 5 nitrogen and oxygen atoms in total. The Morgan fingerprint density at radius 3 is 2.36 bits per heavy atom. The second-order valence-electron chi connectivity index (χ2n) is 8.71. The molecule has 0 aliphatic carbocycles. The summed E-state index contributed by atoms with van der Waals surface area (Å²) in [5, 5.41) is 0.106. The summed E-state index contributed by atoms with van der Waals surface area (Å²) in [5.41, 5.74) is 0.944. The van der Waals surface area contributed by atoms with Crippen molar-refractivity contribution in [2.45, 2.75) is 64.5 Å². The predicted molar refractivity (Wildman–Crippen MR) is 124 cm³/mol. The van der Waals surface area contributed by atoms with Crippen LogP contribution < -0.4 is 9.47 Å². The van der Waals surface area contributed by atoms with Crippen molar-refractivity contribution >= 4 is 36.8 Å². The number of ether oxygens (including phenoxy) is 2. The number of halogens is 1. The lowest BCUT2D eigenvalue weighted by Crippen LogP contribution is -2.54. The molecular weight excluding hydrogens is 485 g/mol. The Hall–Kier alpha value is -1.06. The van der Waals surface area contributed by atoms with Crippen molar-refractivity contribution in [3.8, 4) is 11.5 Å². The number of hydrogen-bond donors (Lipinski definition) is 0. The first-order chi connectivity index (χ1) is 12.9. The minimum absolute atomic E-state index is 0.00449. The summed E-state index contributed by atoms with van der Waals surface area (Å²) in [6, 6.07) is 5.62. The van der Waals surface area contributed by atoms with Crippen LogP contribution in [0.2, 0.25) is 18.1 Å². The fraction of sp³-hybridized carbons (Fsp3) is 0.571. The van der Waals surface area contributed by atoms with Crippen LogP contribution in [0.1, 0.15) is 33.3 Å². The lowest BCUT2D eigenvalue weighted by atomic mass is 10.0. The van der Waals surface area contributed by atoms with Crippen LogP contribution in [-0.2, 0) is 15.8 Å². The fourth-order valence-corrected chi connectivity index (χ4v) is 5.38. The molecule has 2 atom stereocenters. The number of amides is 1. The van der Waals surface area contributed by atoms with Crippen LogP contribution in [0, 0.1) is 0 Å². The smallest absolute Gasteiger partial charge is 0.248 e. The Balaban J connectivity index is 2.30. The topological polar surface area (TPSA) is 48.0 Å². The van der Waals surface area contributed by atoms with Crippen LogP contribution in [-0.4, -0.2) is 45.5 Å². The van der Waals surface area contributed by atoms with E-state index in [1.807, 2.05) is 23.1 Å². The van der Waals surface area contributed by atoms with Crippen molar-refractivity contribution in [2.24, 2.45) is 0 Å². The quantitative estimate of drug-likeness (QED) is 0.387. The van der Waals surface area contributed by atoms with E-state index in [2.05, 4.69) is 63.4 Å². The van der Waals surface area contributed by atoms with Gasteiger partial charge in [0.25, 0.3) is 0 Å². The SMILES string of the molecule is COc1ccc(CN2C(=O)C=C(I)[C@@H](O[Si](C)(C)C(C)(C)C)[C@@H]2C)c(OC)c1. The van der Waals surface area contributed by atoms with Crippen LogP contribution in [0.3, 0.4) is 0 Å². The molecule has 156 valence electrons. The molecule has 0 aromatic heterocycles. The third-order valence-corrected chi connectivity index (χ3v) is 11.2. The molecule has 1 amide bonds. The highest BCUT2D eigenvalue weighted by molar-refractivity contribution is 14.1. The number of hydrogen-bond acceptors (Lipinski definition) is 4. The summed E-state index contributed by atoms with van der Waals surface area (Å²) in [4.78, 5) is 14.7. The summed E-state index contributed by atoms with van der Waals surface area (Å²) in [6.07, 6.45) is 1.59. The second kappa shape index (κ2) is 8.75. The Labute approximate surface area is 183 Å². The highest BCUT2D eigenvalue weighted by atomic mass is 127. The van der Waals surface area contributed by atoms with Crippen LogP contribution in [0.4, 0.5) is 0 Å². The minimum atomic E-state index is -1.97. The van der Waals surface area contributed by atoms with Gasteiger partial charge in [-0.25, -0.2) is 0 Å². The van der Waals surface area contributed by atoms with E-state index in [1.165, 1.54) is 0 Å². The average Bonchev–Trinajstić information content (AvgIpc) is 2.61. The zero-order chi connectivity index (χ0) is 21.3. The molecule has 0 unspecified atom stereocenters. The summed E-state index contributed by atoms with van der Waals surface area (Å²) >= 11 is 2.25. The van der Waals surface area contributed by atoms with Gasteiger partial charge in [0.15, 0.2) is 8.32 Å². The molecule has 7 heteroatoms. The maximum Gasteiger partial charge on any atom is 0.248 e. The van der Waals surface area contributed by atoms with Crippen molar-refractivity contribution in [3.05, 3.63) is 33.4 Å². The van der Waals surface area contributed by atoms with E-state index in [9.17, 15) is 4.79 Å². The van der Waals surface area contributed by atoms with Gasteiger partial charge in [-0.05, 0) is 59.8 Å². The van der Waals surface area contributed by atoms with E-state index < -0.39 is 8.32 Å². The van der Waals surface area contributed by atoms with Crippen molar-refractivity contribution in [3.63, 3.8) is 0 Å². The number of methoxy groups -OCH3 is 2. The van der Waals surface area contributed by atoms with Crippen molar-refractivity contribution < 1.29 is 18.7 Å². The monoisotopic (exact) mass is 517 g/mol. The predicted octanol–water partition coefficient (Wildman–Crippen LogP) is 5.14. The standard InChI is InChI=1S/C21H32INO4Si/c1-14-20(27-28(7,8)21(2,3)4)17(22)12-19(24)23(14)13-15-9-10-16(25-5)11-18(15)26-6/h9-12,14,20H,13H2,1-8H3/t14-,20-/m0/s1. The van der Waals surface area contributed by atoms with E-state index in [0.29, 0.717) is 12.3 Å². The Morgan fingerprint density at radius 2 is 1.82 bits per heavy atom. The van der Waals surface area contributed by atoms with E-state index >= 15 is 0 Å². The number of rotatable bonds is 6. The lowest BCUT2D eigenvalue weighted by molar-refractivity contribution is -0.131. The molecule has 0 saturated carbocycles. The Morgan fingerprint density at radius 1 is 1.18 bits per heavy atom. The average molecular weight is 517 g/mol. The van der Waals surface area contributed by atoms with Gasteiger partial charge in [0.05, 0.1) is 32.9 Å². The van der Waals surface area contributed by atoms with Crippen molar-refractivity contribution in [1.82, 2.24) is 4.90 Å². The van der Waals surface area contributed by atoms with E-state index in [1.54, 1.807) is 20.3 Å².